The quantitative estimate of drug-likeness (QED) is 0.377. The number of amides is 4. The highest BCUT2D eigenvalue weighted by Crippen LogP contribution is 2.31. The number of nitrogens with one attached hydrogen (secondary N) is 2. The third-order valence-corrected chi connectivity index (χ3v) is 7.05. The Bertz CT molecular complexity index is 1370. The average molecular weight is 563 g/mol. The number of halogens is 1. The average Bonchev–Trinajstić information content (AvgIpc) is 2.96. The Morgan fingerprint density at radius 1 is 1.07 bits per heavy atom. The van der Waals surface area contributed by atoms with Crippen LogP contribution in [0.25, 0.3) is 0 Å². The van der Waals surface area contributed by atoms with Crippen LogP contribution in [0.1, 0.15) is 29.8 Å². The summed E-state index contributed by atoms with van der Waals surface area (Å²) in [5.74, 6) is -0.839. The lowest BCUT2D eigenvalue weighted by Crippen LogP contribution is -2.50. The fraction of sp³-hybridized carbons (Fsp3) is 0.323. The molecule has 4 amide bonds. The lowest BCUT2D eigenvalue weighted by molar-refractivity contribution is -0.115. The first-order valence-corrected chi connectivity index (χ1v) is 13.5. The van der Waals surface area contributed by atoms with Crippen LogP contribution in [0.4, 0.5) is 20.6 Å². The first-order valence-electron chi connectivity index (χ1n) is 13.5. The van der Waals surface area contributed by atoms with Crippen LogP contribution in [0.2, 0.25) is 0 Å². The molecule has 9 nitrogen and oxygen atoms in total. The van der Waals surface area contributed by atoms with Gasteiger partial charge >= 0.3 is 6.03 Å². The molecule has 41 heavy (non-hydrogen) atoms. The van der Waals surface area contributed by atoms with Crippen molar-refractivity contribution in [1.82, 2.24) is 9.80 Å². The van der Waals surface area contributed by atoms with Crippen LogP contribution in [0.5, 0.6) is 5.75 Å². The lowest BCUT2D eigenvalue weighted by atomic mass is 9.99. The maximum absolute atomic E-state index is 13.6. The number of nitrogens with zero attached hydrogens (tertiary/aromatic N) is 2. The maximum Gasteiger partial charge on any atom is 0.321 e. The number of likely N-dealkylation sites (N-methyl/N-ethyl adjacent to an activating group) is 1. The first-order chi connectivity index (χ1) is 19.6. The first kappa shape index (κ1) is 29.5. The van der Waals surface area contributed by atoms with Gasteiger partial charge in [0.15, 0.2) is 0 Å². The third-order valence-electron chi connectivity index (χ3n) is 7.05. The standard InChI is InChI=1S/C31H35FN4O5/c1-20-17-36(21(2)19-37)30(39)26-16-25(33-29(38)15-22-7-5-4-6-8-22)13-14-27(26)41-28(20)18-35(3)31(40)34-24-11-9-23(32)10-12-24/h4-14,16,20-21,28,37H,15,17-19H2,1-3H3,(H,33,38)(H,34,40)/t20-,21+,28+/m0/s1. The van der Waals surface area contributed by atoms with Crippen LogP contribution in [-0.4, -0.2) is 71.6 Å². The second-order valence-corrected chi connectivity index (χ2v) is 10.4. The molecule has 3 N–H and O–H groups in total. The molecule has 10 heteroatoms. The minimum Gasteiger partial charge on any atom is -0.487 e. The summed E-state index contributed by atoms with van der Waals surface area (Å²) in [5, 5.41) is 15.5. The minimum absolute atomic E-state index is 0.182. The number of carbonyl (C=O) groups is 3. The van der Waals surface area contributed by atoms with Gasteiger partial charge in [0.2, 0.25) is 5.91 Å². The molecule has 0 fully saturated rings. The van der Waals surface area contributed by atoms with Crippen LogP contribution in [0, 0.1) is 11.7 Å². The molecule has 1 aliphatic rings. The van der Waals surface area contributed by atoms with Gasteiger partial charge in [-0.2, -0.15) is 0 Å². The van der Waals surface area contributed by atoms with Crippen LogP contribution in [0.15, 0.2) is 72.8 Å². The van der Waals surface area contributed by atoms with E-state index in [0.717, 1.165) is 5.56 Å². The summed E-state index contributed by atoms with van der Waals surface area (Å²) in [6, 6.07) is 18.8. The SMILES string of the molecule is C[C@H](CO)N1C[C@H](C)[C@@H](CN(C)C(=O)Nc2ccc(F)cc2)Oc2ccc(NC(=O)Cc3ccccc3)cc2C1=O. The van der Waals surface area contributed by atoms with Crippen LogP contribution in [-0.2, 0) is 11.2 Å². The fourth-order valence-electron chi connectivity index (χ4n) is 4.61. The Kier molecular flexibility index (Phi) is 9.57. The van der Waals surface area contributed by atoms with Gasteiger partial charge in [0, 0.05) is 30.9 Å². The van der Waals surface area contributed by atoms with Gasteiger partial charge in [0.05, 0.1) is 31.2 Å². The van der Waals surface area contributed by atoms with E-state index >= 15 is 0 Å². The van der Waals surface area contributed by atoms with Crippen molar-refractivity contribution in [3.8, 4) is 5.75 Å². The van der Waals surface area contributed by atoms with E-state index < -0.39 is 24.0 Å². The largest absolute Gasteiger partial charge is 0.487 e. The number of hydrogen-bond donors (Lipinski definition) is 3. The Labute approximate surface area is 238 Å². The molecule has 3 aromatic rings. The second kappa shape index (κ2) is 13.3. The summed E-state index contributed by atoms with van der Waals surface area (Å²) in [5.41, 5.74) is 2.01. The second-order valence-electron chi connectivity index (χ2n) is 10.4. The smallest absolute Gasteiger partial charge is 0.321 e. The van der Waals surface area contributed by atoms with Crippen molar-refractivity contribution in [2.75, 3.05) is 37.4 Å². The molecule has 216 valence electrons. The fourth-order valence-corrected chi connectivity index (χ4v) is 4.61. The van der Waals surface area contributed by atoms with E-state index in [-0.39, 0.29) is 49.4 Å². The molecule has 1 heterocycles. The van der Waals surface area contributed by atoms with Gasteiger partial charge in [0.1, 0.15) is 17.7 Å². The van der Waals surface area contributed by atoms with Crippen LogP contribution >= 0.6 is 0 Å². The van der Waals surface area contributed by atoms with E-state index in [1.807, 2.05) is 37.3 Å². The normalized spacial score (nSPS) is 17.4. The highest BCUT2D eigenvalue weighted by Gasteiger charge is 2.34. The zero-order valence-corrected chi connectivity index (χ0v) is 23.3. The number of rotatable bonds is 8. The van der Waals surface area contributed by atoms with Gasteiger partial charge in [-0.1, -0.05) is 37.3 Å². The van der Waals surface area contributed by atoms with Gasteiger partial charge in [0.25, 0.3) is 5.91 Å². The zero-order valence-electron chi connectivity index (χ0n) is 23.3. The van der Waals surface area contributed by atoms with Crippen molar-refractivity contribution in [1.29, 1.82) is 0 Å². The number of aliphatic hydroxyl groups excluding tert-OH is 1. The monoisotopic (exact) mass is 562 g/mol. The number of benzene rings is 3. The molecular formula is C31H35FN4O5. The van der Waals surface area contributed by atoms with Gasteiger partial charge in [-0.25, -0.2) is 9.18 Å². The summed E-state index contributed by atoms with van der Waals surface area (Å²) in [6.45, 7) is 3.92. The molecule has 4 rings (SSSR count). The minimum atomic E-state index is -0.502. The topological polar surface area (TPSA) is 111 Å². The maximum atomic E-state index is 13.6. The zero-order chi connectivity index (χ0) is 29.5. The van der Waals surface area contributed by atoms with Gasteiger partial charge in [-0.15, -0.1) is 0 Å². The molecule has 0 bridgehead atoms. The van der Waals surface area contributed by atoms with Gasteiger partial charge in [-0.3, -0.25) is 9.59 Å². The molecule has 0 unspecified atom stereocenters. The van der Waals surface area contributed by atoms with E-state index in [1.165, 1.54) is 29.2 Å². The molecule has 0 radical (unpaired) electrons. The van der Waals surface area contributed by atoms with E-state index in [1.54, 1.807) is 37.1 Å². The molecule has 0 aliphatic carbocycles. The van der Waals surface area contributed by atoms with Crippen molar-refractivity contribution in [3.63, 3.8) is 0 Å². The predicted molar refractivity (Wildman–Crippen MR) is 154 cm³/mol. The molecule has 0 spiro atoms. The van der Waals surface area contributed by atoms with Crippen molar-refractivity contribution in [2.45, 2.75) is 32.4 Å². The number of anilines is 2. The Morgan fingerprint density at radius 2 is 1.76 bits per heavy atom. The summed E-state index contributed by atoms with van der Waals surface area (Å²) in [7, 11) is 1.62. The molecule has 0 saturated carbocycles. The number of fused-ring (bicyclic) bond motifs is 1. The highest BCUT2D eigenvalue weighted by atomic mass is 19.1. The molecule has 0 saturated heterocycles. The third kappa shape index (κ3) is 7.61. The van der Waals surface area contributed by atoms with Crippen LogP contribution < -0.4 is 15.4 Å². The lowest BCUT2D eigenvalue weighted by Gasteiger charge is -2.38. The Morgan fingerprint density at radius 3 is 2.44 bits per heavy atom. The van der Waals surface area contributed by atoms with Crippen LogP contribution in [0.3, 0.4) is 0 Å². The summed E-state index contributed by atoms with van der Waals surface area (Å²) < 4.78 is 19.6. The predicted octanol–water partition coefficient (Wildman–Crippen LogP) is 4.39. The summed E-state index contributed by atoms with van der Waals surface area (Å²) in [6.07, 6.45) is -0.320. The number of carbonyl (C=O) groups excluding carboxylic acids is 3. The summed E-state index contributed by atoms with van der Waals surface area (Å²) in [4.78, 5) is 42.2. The van der Waals surface area contributed by atoms with E-state index in [0.29, 0.717) is 17.1 Å². The van der Waals surface area contributed by atoms with Crippen molar-refractivity contribution >= 4 is 29.2 Å². The molecule has 1 aliphatic heterocycles. The number of urea groups is 1. The number of hydrogen-bond acceptors (Lipinski definition) is 5. The molecule has 0 aromatic heterocycles. The van der Waals surface area contributed by atoms with Crippen molar-refractivity contribution < 1.29 is 28.6 Å². The van der Waals surface area contributed by atoms with Gasteiger partial charge in [-0.05, 0) is 55.0 Å². The Hall–Kier alpha value is -4.44. The molecule has 3 atom stereocenters. The van der Waals surface area contributed by atoms with Crippen molar-refractivity contribution in [3.05, 3.63) is 89.7 Å². The summed E-state index contributed by atoms with van der Waals surface area (Å²) >= 11 is 0. The highest BCUT2D eigenvalue weighted by molar-refractivity contribution is 6.00. The molecular weight excluding hydrogens is 527 g/mol. The van der Waals surface area contributed by atoms with E-state index in [4.69, 9.17) is 4.74 Å². The molecule has 3 aromatic carbocycles. The number of ether oxygens (including phenoxy) is 1. The number of aliphatic hydroxyl groups is 1. The van der Waals surface area contributed by atoms with Gasteiger partial charge < -0.3 is 30.3 Å². The van der Waals surface area contributed by atoms with Crippen molar-refractivity contribution in [2.24, 2.45) is 5.92 Å². The van der Waals surface area contributed by atoms with E-state index in [9.17, 15) is 23.9 Å². The van der Waals surface area contributed by atoms with E-state index in [2.05, 4.69) is 10.6 Å². The Balaban J connectivity index is 1.54.